The average Bonchev–Trinajstić information content (AvgIpc) is 3.38. The standard InChI is InChI=1S/C21H31N5OS.HI/c1-3-22-20(24-12-15-27-19-8-6-17(2)7-9-19)23-11-10-18-16-28-21(25-18)26-13-4-5-14-26;/h6-9,16H,3-5,10-15H2,1-2H3,(H2,22,23,24);1H. The molecule has 1 saturated heterocycles. The second kappa shape index (κ2) is 12.9. The number of nitrogens with one attached hydrogen (secondary N) is 2. The van der Waals surface area contributed by atoms with Crippen molar-refractivity contribution in [2.24, 2.45) is 4.99 Å². The highest BCUT2D eigenvalue weighted by molar-refractivity contribution is 14.0. The van der Waals surface area contributed by atoms with Gasteiger partial charge in [0.1, 0.15) is 12.4 Å². The molecule has 160 valence electrons. The highest BCUT2D eigenvalue weighted by Gasteiger charge is 2.15. The SMILES string of the molecule is CCNC(=NCCc1csc(N2CCCC2)n1)NCCOc1ccc(C)cc1.I. The number of anilines is 1. The number of aliphatic imine (C=N–C) groups is 1. The van der Waals surface area contributed by atoms with Gasteiger partial charge in [0.05, 0.1) is 12.2 Å². The van der Waals surface area contributed by atoms with Crippen LogP contribution in [0.2, 0.25) is 0 Å². The molecule has 1 aromatic heterocycles. The third-order valence-electron chi connectivity index (χ3n) is 4.58. The zero-order valence-electron chi connectivity index (χ0n) is 17.3. The fraction of sp³-hybridized carbons (Fsp3) is 0.524. The largest absolute Gasteiger partial charge is 0.492 e. The maximum absolute atomic E-state index is 5.76. The number of aromatic nitrogens is 1. The summed E-state index contributed by atoms with van der Waals surface area (Å²) < 4.78 is 5.76. The van der Waals surface area contributed by atoms with Gasteiger partial charge in [-0.2, -0.15) is 0 Å². The van der Waals surface area contributed by atoms with E-state index in [9.17, 15) is 0 Å². The van der Waals surface area contributed by atoms with Gasteiger partial charge in [-0.15, -0.1) is 35.3 Å². The van der Waals surface area contributed by atoms with E-state index in [1.54, 1.807) is 11.3 Å². The van der Waals surface area contributed by atoms with Crippen molar-refractivity contribution in [3.8, 4) is 5.75 Å². The Morgan fingerprint density at radius 1 is 1.21 bits per heavy atom. The zero-order chi connectivity index (χ0) is 19.6. The van der Waals surface area contributed by atoms with Crippen LogP contribution < -0.4 is 20.3 Å². The van der Waals surface area contributed by atoms with Gasteiger partial charge in [0, 0.05) is 38.0 Å². The Hall–Kier alpha value is -1.55. The molecule has 0 amide bonds. The van der Waals surface area contributed by atoms with Crippen LogP contribution in [0.25, 0.3) is 0 Å². The van der Waals surface area contributed by atoms with E-state index in [1.165, 1.54) is 18.4 Å². The molecule has 0 spiro atoms. The van der Waals surface area contributed by atoms with Crippen LogP contribution in [0.4, 0.5) is 5.13 Å². The van der Waals surface area contributed by atoms with E-state index in [0.717, 1.165) is 55.1 Å². The zero-order valence-corrected chi connectivity index (χ0v) is 20.5. The highest BCUT2D eigenvalue weighted by atomic mass is 127. The van der Waals surface area contributed by atoms with Crippen LogP contribution in [0.1, 0.15) is 31.0 Å². The minimum Gasteiger partial charge on any atom is -0.492 e. The monoisotopic (exact) mass is 529 g/mol. The first kappa shape index (κ1) is 23.7. The molecule has 0 unspecified atom stereocenters. The van der Waals surface area contributed by atoms with Crippen molar-refractivity contribution in [1.82, 2.24) is 15.6 Å². The number of ether oxygens (including phenoxy) is 1. The van der Waals surface area contributed by atoms with E-state index in [4.69, 9.17) is 9.72 Å². The number of nitrogens with zero attached hydrogens (tertiary/aromatic N) is 3. The molecule has 29 heavy (non-hydrogen) atoms. The summed E-state index contributed by atoms with van der Waals surface area (Å²) >= 11 is 1.75. The van der Waals surface area contributed by atoms with Gasteiger partial charge in [-0.3, -0.25) is 4.99 Å². The summed E-state index contributed by atoms with van der Waals surface area (Å²) in [5.74, 6) is 1.72. The molecule has 6 nitrogen and oxygen atoms in total. The molecule has 1 aromatic carbocycles. The van der Waals surface area contributed by atoms with Crippen molar-refractivity contribution >= 4 is 46.4 Å². The predicted molar refractivity (Wildman–Crippen MR) is 133 cm³/mol. The van der Waals surface area contributed by atoms with E-state index >= 15 is 0 Å². The molecular weight excluding hydrogens is 497 g/mol. The molecule has 2 aromatic rings. The number of hydrogen-bond donors (Lipinski definition) is 2. The quantitative estimate of drug-likeness (QED) is 0.224. The molecule has 3 rings (SSSR count). The first-order chi connectivity index (χ1) is 13.7. The summed E-state index contributed by atoms with van der Waals surface area (Å²) in [5, 5.41) is 9.94. The molecule has 2 heterocycles. The average molecular weight is 529 g/mol. The Bertz CT molecular complexity index is 744. The third-order valence-corrected chi connectivity index (χ3v) is 5.53. The van der Waals surface area contributed by atoms with E-state index in [-0.39, 0.29) is 24.0 Å². The number of rotatable bonds is 9. The molecule has 0 bridgehead atoms. The minimum absolute atomic E-state index is 0. The van der Waals surface area contributed by atoms with Crippen molar-refractivity contribution in [1.29, 1.82) is 0 Å². The lowest BCUT2D eigenvalue weighted by molar-refractivity contribution is 0.322. The Balaban J connectivity index is 0.00000300. The summed E-state index contributed by atoms with van der Waals surface area (Å²) in [5.41, 5.74) is 2.37. The van der Waals surface area contributed by atoms with Crippen LogP contribution in [0, 0.1) is 6.92 Å². The molecule has 0 radical (unpaired) electrons. The second-order valence-electron chi connectivity index (χ2n) is 6.91. The molecule has 0 aliphatic carbocycles. The lowest BCUT2D eigenvalue weighted by Crippen LogP contribution is -2.39. The van der Waals surface area contributed by atoms with E-state index in [2.05, 4.69) is 51.9 Å². The van der Waals surface area contributed by atoms with E-state index in [0.29, 0.717) is 13.2 Å². The van der Waals surface area contributed by atoms with Crippen LogP contribution in [0.3, 0.4) is 0 Å². The third kappa shape index (κ3) is 8.00. The molecule has 8 heteroatoms. The minimum atomic E-state index is 0. The van der Waals surface area contributed by atoms with Gasteiger partial charge in [-0.1, -0.05) is 17.7 Å². The number of halogens is 1. The normalized spacial score (nSPS) is 13.9. The van der Waals surface area contributed by atoms with Crippen molar-refractivity contribution in [2.45, 2.75) is 33.1 Å². The summed E-state index contributed by atoms with van der Waals surface area (Å²) in [6, 6.07) is 8.11. The summed E-state index contributed by atoms with van der Waals surface area (Å²) in [6.07, 6.45) is 3.43. The first-order valence-corrected chi connectivity index (χ1v) is 11.0. The number of benzene rings is 1. The summed E-state index contributed by atoms with van der Waals surface area (Å²) in [7, 11) is 0. The molecule has 1 aliphatic rings. The number of thiazole rings is 1. The lowest BCUT2D eigenvalue weighted by atomic mass is 10.2. The van der Waals surface area contributed by atoms with Crippen LogP contribution in [-0.2, 0) is 6.42 Å². The van der Waals surface area contributed by atoms with Gasteiger partial charge >= 0.3 is 0 Å². The molecule has 2 N–H and O–H groups in total. The van der Waals surface area contributed by atoms with Crippen LogP contribution in [0.5, 0.6) is 5.75 Å². The van der Waals surface area contributed by atoms with Crippen molar-refractivity contribution in [3.05, 3.63) is 40.9 Å². The van der Waals surface area contributed by atoms with E-state index in [1.807, 2.05) is 12.1 Å². The Morgan fingerprint density at radius 3 is 2.69 bits per heavy atom. The van der Waals surface area contributed by atoms with Gasteiger partial charge in [0.25, 0.3) is 0 Å². The van der Waals surface area contributed by atoms with Crippen molar-refractivity contribution in [2.75, 3.05) is 44.2 Å². The fourth-order valence-corrected chi connectivity index (χ4v) is 3.98. The van der Waals surface area contributed by atoms with Gasteiger partial charge in [-0.05, 0) is 38.8 Å². The topological polar surface area (TPSA) is 61.8 Å². The van der Waals surface area contributed by atoms with Gasteiger partial charge in [-0.25, -0.2) is 4.98 Å². The number of hydrogen-bond acceptors (Lipinski definition) is 5. The highest BCUT2D eigenvalue weighted by Crippen LogP contribution is 2.24. The van der Waals surface area contributed by atoms with Gasteiger partial charge in [0.15, 0.2) is 11.1 Å². The van der Waals surface area contributed by atoms with Crippen molar-refractivity contribution < 1.29 is 4.74 Å². The predicted octanol–water partition coefficient (Wildman–Crippen LogP) is 3.85. The molecule has 1 aliphatic heterocycles. The van der Waals surface area contributed by atoms with E-state index < -0.39 is 0 Å². The van der Waals surface area contributed by atoms with Gasteiger partial charge in [0.2, 0.25) is 0 Å². The number of aryl methyl sites for hydroxylation is 1. The van der Waals surface area contributed by atoms with Crippen LogP contribution >= 0.6 is 35.3 Å². The summed E-state index contributed by atoms with van der Waals surface area (Å²) in [6.45, 7) is 9.28. The van der Waals surface area contributed by atoms with Gasteiger partial charge < -0.3 is 20.3 Å². The first-order valence-electron chi connectivity index (χ1n) is 10.2. The van der Waals surface area contributed by atoms with Crippen LogP contribution in [0.15, 0.2) is 34.6 Å². The smallest absolute Gasteiger partial charge is 0.191 e. The molecule has 0 saturated carbocycles. The summed E-state index contributed by atoms with van der Waals surface area (Å²) in [4.78, 5) is 11.8. The lowest BCUT2D eigenvalue weighted by Gasteiger charge is -2.12. The number of guanidine groups is 1. The van der Waals surface area contributed by atoms with Crippen LogP contribution in [-0.4, -0.2) is 50.3 Å². The Labute approximate surface area is 195 Å². The Kier molecular flexibility index (Phi) is 10.5. The fourth-order valence-electron chi connectivity index (χ4n) is 3.06. The molecular formula is C21H32IN5OS. The molecule has 0 atom stereocenters. The Morgan fingerprint density at radius 2 is 1.97 bits per heavy atom. The maximum Gasteiger partial charge on any atom is 0.191 e. The molecule has 1 fully saturated rings. The second-order valence-corrected chi connectivity index (χ2v) is 7.75. The van der Waals surface area contributed by atoms with Crippen molar-refractivity contribution in [3.63, 3.8) is 0 Å². The maximum atomic E-state index is 5.76.